The zero-order valence-corrected chi connectivity index (χ0v) is 16.1. The Hall–Kier alpha value is -1.33. The van der Waals surface area contributed by atoms with E-state index in [2.05, 4.69) is 4.98 Å². The number of aliphatic hydroxyl groups is 1. The Labute approximate surface area is 159 Å². The van der Waals surface area contributed by atoms with Gasteiger partial charge in [-0.05, 0) is 35.2 Å². The minimum atomic E-state index is -0.915. The van der Waals surface area contributed by atoms with Crippen molar-refractivity contribution in [3.63, 3.8) is 0 Å². The molecular formula is C19H19Cl2NO2S. The van der Waals surface area contributed by atoms with Gasteiger partial charge in [0.1, 0.15) is 0 Å². The summed E-state index contributed by atoms with van der Waals surface area (Å²) in [5.74, 6) is 0.454. The molecule has 0 radical (unpaired) electrons. The predicted octanol–water partition coefficient (Wildman–Crippen LogP) is 4.87. The predicted molar refractivity (Wildman–Crippen MR) is 106 cm³/mol. The molecule has 0 bridgehead atoms. The number of benzene rings is 2. The molecule has 1 aromatic heterocycles. The summed E-state index contributed by atoms with van der Waals surface area (Å²) in [5.41, 5.74) is 4.01. The van der Waals surface area contributed by atoms with Crippen LogP contribution in [0.1, 0.15) is 29.0 Å². The minimum Gasteiger partial charge on any atom is -0.396 e. The number of aromatic amines is 1. The maximum absolute atomic E-state index is 11.6. The highest BCUT2D eigenvalue weighted by Gasteiger charge is 2.21. The highest BCUT2D eigenvalue weighted by Crippen LogP contribution is 2.38. The van der Waals surface area contributed by atoms with Crippen molar-refractivity contribution in [3.05, 3.63) is 69.3 Å². The van der Waals surface area contributed by atoms with E-state index in [0.29, 0.717) is 22.2 Å². The topological polar surface area (TPSA) is 53.1 Å². The monoisotopic (exact) mass is 395 g/mol. The SMILES string of the molecule is CS(=O)Cc1cccc2c(C(CCO)c3ccc(Cl)cc3Cl)c[nH]c12. The fraction of sp³-hybridized carbons (Fsp3) is 0.263. The van der Waals surface area contributed by atoms with Crippen molar-refractivity contribution in [3.8, 4) is 0 Å². The number of para-hydroxylation sites is 1. The Morgan fingerprint density at radius 1 is 1.20 bits per heavy atom. The molecule has 2 unspecified atom stereocenters. The van der Waals surface area contributed by atoms with Gasteiger partial charge < -0.3 is 10.1 Å². The van der Waals surface area contributed by atoms with Crippen LogP contribution in [-0.2, 0) is 16.6 Å². The summed E-state index contributed by atoms with van der Waals surface area (Å²) in [7, 11) is -0.915. The van der Waals surface area contributed by atoms with Crippen LogP contribution in [0.5, 0.6) is 0 Å². The first-order chi connectivity index (χ1) is 12.0. The lowest BCUT2D eigenvalue weighted by Crippen LogP contribution is -2.04. The molecule has 0 saturated carbocycles. The molecule has 0 amide bonds. The molecule has 1 heterocycles. The van der Waals surface area contributed by atoms with Crippen LogP contribution >= 0.6 is 23.2 Å². The molecular weight excluding hydrogens is 377 g/mol. The Kier molecular flexibility index (Phi) is 5.85. The lowest BCUT2D eigenvalue weighted by atomic mass is 9.88. The van der Waals surface area contributed by atoms with Crippen molar-refractivity contribution in [1.82, 2.24) is 4.98 Å². The first-order valence-corrected chi connectivity index (χ1v) is 10.4. The van der Waals surface area contributed by atoms with Gasteiger partial charge in [0.2, 0.25) is 0 Å². The van der Waals surface area contributed by atoms with E-state index in [0.717, 1.165) is 27.6 Å². The first-order valence-electron chi connectivity index (χ1n) is 7.96. The molecule has 0 spiro atoms. The highest BCUT2D eigenvalue weighted by atomic mass is 35.5. The molecule has 2 N–H and O–H groups in total. The van der Waals surface area contributed by atoms with E-state index in [-0.39, 0.29) is 12.5 Å². The van der Waals surface area contributed by atoms with Gasteiger partial charge in [-0.1, -0.05) is 47.5 Å². The quantitative estimate of drug-likeness (QED) is 0.625. The molecule has 0 fully saturated rings. The number of fused-ring (bicyclic) bond motifs is 1. The first kappa shape index (κ1) is 18.5. The number of aromatic nitrogens is 1. The number of H-pyrrole nitrogens is 1. The van der Waals surface area contributed by atoms with Gasteiger partial charge >= 0.3 is 0 Å². The number of aliphatic hydroxyl groups excluding tert-OH is 1. The zero-order chi connectivity index (χ0) is 18.0. The van der Waals surface area contributed by atoms with E-state index in [4.69, 9.17) is 23.2 Å². The van der Waals surface area contributed by atoms with Crippen molar-refractivity contribution in [2.45, 2.75) is 18.1 Å². The second-order valence-corrected chi connectivity index (χ2v) is 8.31. The molecule has 0 saturated heterocycles. The van der Waals surface area contributed by atoms with E-state index >= 15 is 0 Å². The van der Waals surface area contributed by atoms with Crippen LogP contribution < -0.4 is 0 Å². The summed E-state index contributed by atoms with van der Waals surface area (Å²) in [6, 6.07) is 11.4. The van der Waals surface area contributed by atoms with Crippen LogP contribution in [-0.4, -0.2) is 27.2 Å². The molecule has 3 rings (SSSR count). The van der Waals surface area contributed by atoms with Gasteiger partial charge in [-0.2, -0.15) is 0 Å². The van der Waals surface area contributed by atoms with E-state index in [1.54, 1.807) is 12.3 Å². The highest BCUT2D eigenvalue weighted by molar-refractivity contribution is 7.83. The van der Waals surface area contributed by atoms with E-state index in [9.17, 15) is 9.32 Å². The van der Waals surface area contributed by atoms with Crippen LogP contribution in [0, 0.1) is 0 Å². The molecule has 25 heavy (non-hydrogen) atoms. The van der Waals surface area contributed by atoms with E-state index in [1.165, 1.54) is 0 Å². The summed E-state index contributed by atoms with van der Waals surface area (Å²) in [6.45, 7) is 0.0506. The van der Waals surface area contributed by atoms with Crippen LogP contribution in [0.25, 0.3) is 10.9 Å². The maximum Gasteiger partial charge on any atom is 0.0503 e. The van der Waals surface area contributed by atoms with Crippen LogP contribution in [0.15, 0.2) is 42.6 Å². The van der Waals surface area contributed by atoms with E-state index in [1.807, 2.05) is 36.5 Å². The van der Waals surface area contributed by atoms with Gasteiger partial charge in [0, 0.05) is 56.7 Å². The van der Waals surface area contributed by atoms with Gasteiger partial charge in [-0.15, -0.1) is 0 Å². The molecule has 3 aromatic rings. The minimum absolute atomic E-state index is 0.0501. The Bertz CT molecular complexity index is 923. The third-order valence-corrected chi connectivity index (χ3v) is 5.60. The smallest absolute Gasteiger partial charge is 0.0503 e. The second kappa shape index (κ2) is 7.92. The van der Waals surface area contributed by atoms with Crippen molar-refractivity contribution in [2.75, 3.05) is 12.9 Å². The van der Waals surface area contributed by atoms with Crippen molar-refractivity contribution >= 4 is 44.9 Å². The number of rotatable bonds is 6. The molecule has 132 valence electrons. The van der Waals surface area contributed by atoms with Gasteiger partial charge in [0.05, 0.1) is 5.75 Å². The lowest BCUT2D eigenvalue weighted by Gasteiger charge is -2.18. The van der Waals surface area contributed by atoms with Crippen molar-refractivity contribution in [1.29, 1.82) is 0 Å². The van der Waals surface area contributed by atoms with Crippen LogP contribution in [0.3, 0.4) is 0 Å². The third-order valence-electron chi connectivity index (χ3n) is 4.32. The molecule has 2 aromatic carbocycles. The zero-order valence-electron chi connectivity index (χ0n) is 13.8. The molecule has 6 heteroatoms. The van der Waals surface area contributed by atoms with Crippen LogP contribution in [0.2, 0.25) is 10.0 Å². The summed E-state index contributed by atoms with van der Waals surface area (Å²) >= 11 is 12.4. The van der Waals surface area contributed by atoms with Crippen LogP contribution in [0.4, 0.5) is 0 Å². The van der Waals surface area contributed by atoms with Gasteiger partial charge in [0.25, 0.3) is 0 Å². The van der Waals surface area contributed by atoms with Gasteiger partial charge in [-0.3, -0.25) is 4.21 Å². The van der Waals surface area contributed by atoms with Gasteiger partial charge in [-0.25, -0.2) is 0 Å². The molecule has 0 aliphatic rings. The summed E-state index contributed by atoms with van der Waals surface area (Å²) in [4.78, 5) is 3.32. The maximum atomic E-state index is 11.6. The Morgan fingerprint density at radius 3 is 2.68 bits per heavy atom. The normalized spacial score (nSPS) is 13.9. The number of hydrogen-bond donors (Lipinski definition) is 2. The number of nitrogens with one attached hydrogen (secondary N) is 1. The molecule has 2 atom stereocenters. The second-order valence-electron chi connectivity index (χ2n) is 6.03. The van der Waals surface area contributed by atoms with Gasteiger partial charge in [0.15, 0.2) is 0 Å². The molecule has 0 aliphatic heterocycles. The Morgan fingerprint density at radius 2 is 2.00 bits per heavy atom. The average Bonchev–Trinajstić information content (AvgIpc) is 2.98. The van der Waals surface area contributed by atoms with Crippen molar-refractivity contribution < 1.29 is 9.32 Å². The summed E-state index contributed by atoms with van der Waals surface area (Å²) < 4.78 is 11.6. The van der Waals surface area contributed by atoms with E-state index < -0.39 is 10.8 Å². The fourth-order valence-electron chi connectivity index (χ4n) is 3.26. The standard InChI is InChI=1S/C19H19Cl2NO2S/c1-25(24)11-12-3-2-4-16-17(10-22-19(12)16)14(7-8-23)15-6-5-13(20)9-18(15)21/h2-6,9-10,14,22-23H,7-8,11H2,1H3. The molecule has 0 aliphatic carbocycles. The molecule has 3 nitrogen and oxygen atoms in total. The lowest BCUT2D eigenvalue weighted by molar-refractivity contribution is 0.282. The number of hydrogen-bond acceptors (Lipinski definition) is 2. The number of halogens is 2. The third kappa shape index (κ3) is 3.93. The Balaban J connectivity index is 2.12. The summed E-state index contributed by atoms with van der Waals surface area (Å²) in [6.07, 6.45) is 4.21. The van der Waals surface area contributed by atoms with Crippen molar-refractivity contribution in [2.24, 2.45) is 0 Å². The fourth-order valence-corrected chi connectivity index (χ4v) is 4.48. The average molecular weight is 396 g/mol. The summed E-state index contributed by atoms with van der Waals surface area (Å²) in [5, 5.41) is 11.8. The largest absolute Gasteiger partial charge is 0.396 e.